The Morgan fingerprint density at radius 1 is 1.18 bits per heavy atom. The number of nitrogens with two attached hydrogens (primary N) is 1. The molecule has 2 N–H and O–H groups in total. The lowest BCUT2D eigenvalue weighted by molar-refractivity contribution is -0.134. The largest absolute Gasteiger partial charge is 0.341 e. The van der Waals surface area contributed by atoms with Crippen LogP contribution in [0, 0.1) is 5.92 Å². The summed E-state index contributed by atoms with van der Waals surface area (Å²) in [6.45, 7) is 8.81. The second-order valence-corrected chi connectivity index (χ2v) is 7.33. The van der Waals surface area contributed by atoms with E-state index in [-0.39, 0.29) is 11.9 Å². The number of carbonyl (C=O) groups excluding carboxylic acids is 1. The van der Waals surface area contributed by atoms with Crippen molar-refractivity contribution in [1.29, 1.82) is 0 Å². The predicted octanol–water partition coefficient (Wildman–Crippen LogP) is 2.62. The lowest BCUT2D eigenvalue weighted by Crippen LogP contribution is -2.47. The molecule has 0 aromatic rings. The second-order valence-electron chi connectivity index (χ2n) is 7.33. The number of likely N-dealkylation sites (tertiary alicyclic amines) is 2. The molecule has 2 atom stereocenters. The van der Waals surface area contributed by atoms with Gasteiger partial charge in [-0.15, -0.1) is 0 Å². The minimum Gasteiger partial charge on any atom is -0.341 e. The fourth-order valence-corrected chi connectivity index (χ4v) is 3.95. The van der Waals surface area contributed by atoms with Crippen LogP contribution in [0.1, 0.15) is 65.2 Å². The van der Waals surface area contributed by atoms with Crippen molar-refractivity contribution in [2.24, 2.45) is 11.7 Å². The maximum absolute atomic E-state index is 12.2. The van der Waals surface area contributed by atoms with Crippen molar-refractivity contribution >= 4 is 5.91 Å². The van der Waals surface area contributed by atoms with Gasteiger partial charge in [0.2, 0.25) is 5.91 Å². The zero-order chi connectivity index (χ0) is 15.9. The molecule has 128 valence electrons. The Balaban J connectivity index is 1.67. The molecule has 0 aromatic carbocycles. The number of piperidine rings is 2. The summed E-state index contributed by atoms with van der Waals surface area (Å²) in [5.74, 6) is 0.963. The molecular formula is C18H35N3O. The summed E-state index contributed by atoms with van der Waals surface area (Å²) in [4.78, 5) is 16.9. The van der Waals surface area contributed by atoms with Crippen molar-refractivity contribution in [3.63, 3.8) is 0 Å². The maximum Gasteiger partial charge on any atom is 0.239 e. The standard InChI is InChI=1S/C18H35N3O/c1-3-6-17(19)18(22)21-13-9-16(10-14-21)8-12-20-11-5-4-7-15(20)2/h15-17H,3-14,19H2,1-2H3/t15-,17+/m0/s1. The van der Waals surface area contributed by atoms with E-state index in [4.69, 9.17) is 5.73 Å². The van der Waals surface area contributed by atoms with E-state index in [0.717, 1.165) is 50.7 Å². The Bertz CT molecular complexity index is 339. The summed E-state index contributed by atoms with van der Waals surface area (Å²) in [5, 5.41) is 0. The predicted molar refractivity (Wildman–Crippen MR) is 91.7 cm³/mol. The Morgan fingerprint density at radius 3 is 2.55 bits per heavy atom. The highest BCUT2D eigenvalue weighted by Gasteiger charge is 2.26. The molecule has 22 heavy (non-hydrogen) atoms. The number of carbonyl (C=O) groups is 1. The third-order valence-electron chi connectivity index (χ3n) is 5.61. The molecule has 0 aliphatic carbocycles. The molecule has 2 aliphatic heterocycles. The molecule has 4 nitrogen and oxygen atoms in total. The summed E-state index contributed by atoms with van der Waals surface area (Å²) in [6.07, 6.45) is 9.54. The average molecular weight is 309 g/mol. The monoisotopic (exact) mass is 309 g/mol. The first-order valence-electron chi connectivity index (χ1n) is 9.40. The van der Waals surface area contributed by atoms with E-state index in [2.05, 4.69) is 18.7 Å². The summed E-state index contributed by atoms with van der Waals surface area (Å²) in [5.41, 5.74) is 5.97. The van der Waals surface area contributed by atoms with Crippen LogP contribution in [0.4, 0.5) is 0 Å². The first kappa shape index (κ1) is 17.7. The summed E-state index contributed by atoms with van der Waals surface area (Å²) in [6, 6.07) is 0.484. The van der Waals surface area contributed by atoms with Crippen molar-refractivity contribution in [3.05, 3.63) is 0 Å². The van der Waals surface area contributed by atoms with Crippen LogP contribution in [0.2, 0.25) is 0 Å². The van der Waals surface area contributed by atoms with Gasteiger partial charge in [-0.05, 0) is 64.5 Å². The van der Waals surface area contributed by atoms with Gasteiger partial charge >= 0.3 is 0 Å². The van der Waals surface area contributed by atoms with Gasteiger partial charge in [0.25, 0.3) is 0 Å². The zero-order valence-corrected chi connectivity index (χ0v) is 14.6. The molecule has 0 aromatic heterocycles. The Hall–Kier alpha value is -0.610. The number of nitrogens with zero attached hydrogens (tertiary/aromatic N) is 2. The maximum atomic E-state index is 12.2. The molecule has 2 aliphatic rings. The highest BCUT2D eigenvalue weighted by molar-refractivity contribution is 5.81. The normalized spacial score (nSPS) is 26.1. The minimum absolute atomic E-state index is 0.171. The van der Waals surface area contributed by atoms with Gasteiger partial charge in [0, 0.05) is 19.1 Å². The third kappa shape index (κ3) is 4.95. The van der Waals surface area contributed by atoms with E-state index >= 15 is 0 Å². The van der Waals surface area contributed by atoms with Crippen LogP contribution in [0.25, 0.3) is 0 Å². The Labute approximate surface area is 136 Å². The molecule has 4 heteroatoms. The van der Waals surface area contributed by atoms with Crippen LogP contribution in [0.5, 0.6) is 0 Å². The minimum atomic E-state index is -0.282. The molecule has 2 saturated heterocycles. The van der Waals surface area contributed by atoms with Gasteiger partial charge in [-0.3, -0.25) is 4.79 Å². The van der Waals surface area contributed by atoms with E-state index in [1.165, 1.54) is 38.8 Å². The van der Waals surface area contributed by atoms with E-state index in [1.54, 1.807) is 0 Å². The van der Waals surface area contributed by atoms with Crippen molar-refractivity contribution in [3.8, 4) is 0 Å². The van der Waals surface area contributed by atoms with Crippen LogP contribution in [0.3, 0.4) is 0 Å². The zero-order valence-electron chi connectivity index (χ0n) is 14.6. The van der Waals surface area contributed by atoms with Crippen LogP contribution < -0.4 is 5.73 Å². The van der Waals surface area contributed by atoms with E-state index < -0.39 is 0 Å². The molecule has 2 fully saturated rings. The van der Waals surface area contributed by atoms with E-state index in [9.17, 15) is 4.79 Å². The third-order valence-corrected chi connectivity index (χ3v) is 5.61. The van der Waals surface area contributed by atoms with Gasteiger partial charge in [-0.1, -0.05) is 19.8 Å². The Kier molecular flexibility index (Phi) is 7.16. The number of hydrogen-bond acceptors (Lipinski definition) is 3. The molecule has 0 radical (unpaired) electrons. The summed E-state index contributed by atoms with van der Waals surface area (Å²) in [7, 11) is 0. The molecule has 2 rings (SSSR count). The van der Waals surface area contributed by atoms with Gasteiger partial charge in [0.05, 0.1) is 6.04 Å². The van der Waals surface area contributed by atoms with Gasteiger partial charge in [-0.2, -0.15) is 0 Å². The van der Waals surface area contributed by atoms with Crippen molar-refractivity contribution in [2.75, 3.05) is 26.2 Å². The number of hydrogen-bond donors (Lipinski definition) is 1. The van der Waals surface area contributed by atoms with Gasteiger partial charge in [-0.25, -0.2) is 0 Å². The fourth-order valence-electron chi connectivity index (χ4n) is 3.95. The molecule has 0 saturated carbocycles. The molecule has 0 spiro atoms. The van der Waals surface area contributed by atoms with E-state index in [1.807, 2.05) is 4.90 Å². The highest BCUT2D eigenvalue weighted by Crippen LogP contribution is 2.24. The number of amides is 1. The van der Waals surface area contributed by atoms with Crippen molar-refractivity contribution in [1.82, 2.24) is 9.80 Å². The molecule has 0 bridgehead atoms. The van der Waals surface area contributed by atoms with Gasteiger partial charge in [0.1, 0.15) is 0 Å². The summed E-state index contributed by atoms with van der Waals surface area (Å²) >= 11 is 0. The molecule has 0 unspecified atom stereocenters. The smallest absolute Gasteiger partial charge is 0.239 e. The molecular weight excluding hydrogens is 274 g/mol. The van der Waals surface area contributed by atoms with Crippen molar-refractivity contribution < 1.29 is 4.79 Å². The van der Waals surface area contributed by atoms with Gasteiger partial charge in [0.15, 0.2) is 0 Å². The van der Waals surface area contributed by atoms with Crippen LogP contribution in [-0.4, -0.2) is 54.0 Å². The fraction of sp³-hybridized carbons (Fsp3) is 0.944. The molecule has 1 amide bonds. The summed E-state index contributed by atoms with van der Waals surface area (Å²) < 4.78 is 0. The SMILES string of the molecule is CCC[C@@H](N)C(=O)N1CCC(CCN2CCCC[C@@H]2C)CC1. The molecule has 2 heterocycles. The number of rotatable bonds is 6. The van der Waals surface area contributed by atoms with Crippen LogP contribution in [-0.2, 0) is 4.79 Å². The second kappa shape index (κ2) is 8.88. The van der Waals surface area contributed by atoms with Crippen LogP contribution >= 0.6 is 0 Å². The topological polar surface area (TPSA) is 49.6 Å². The van der Waals surface area contributed by atoms with Crippen molar-refractivity contribution in [2.45, 2.75) is 77.3 Å². The Morgan fingerprint density at radius 2 is 1.91 bits per heavy atom. The van der Waals surface area contributed by atoms with Crippen LogP contribution in [0.15, 0.2) is 0 Å². The highest BCUT2D eigenvalue weighted by atomic mass is 16.2. The quantitative estimate of drug-likeness (QED) is 0.820. The first-order valence-corrected chi connectivity index (χ1v) is 9.40. The van der Waals surface area contributed by atoms with E-state index in [0.29, 0.717) is 0 Å². The first-order chi connectivity index (χ1) is 10.6. The lowest BCUT2D eigenvalue weighted by Gasteiger charge is -2.37. The lowest BCUT2D eigenvalue weighted by atomic mass is 9.92. The average Bonchev–Trinajstić information content (AvgIpc) is 2.54. The van der Waals surface area contributed by atoms with Gasteiger partial charge < -0.3 is 15.5 Å².